The van der Waals surface area contributed by atoms with Gasteiger partial charge in [-0.15, -0.1) is 5.10 Å². The Morgan fingerprint density at radius 1 is 0.957 bits per heavy atom. The van der Waals surface area contributed by atoms with Crippen LogP contribution >= 0.6 is 0 Å². The fourth-order valence-corrected chi connectivity index (χ4v) is 2.67. The van der Waals surface area contributed by atoms with Crippen LogP contribution in [-0.4, -0.2) is 15.0 Å². The van der Waals surface area contributed by atoms with Gasteiger partial charge in [0.25, 0.3) is 0 Å². The number of rotatable bonds is 4. The molecule has 3 aromatic rings. The van der Waals surface area contributed by atoms with Gasteiger partial charge in [-0.1, -0.05) is 47.2 Å². The van der Waals surface area contributed by atoms with Gasteiger partial charge in [-0.25, -0.2) is 4.68 Å². The van der Waals surface area contributed by atoms with Gasteiger partial charge in [0.05, 0.1) is 12.2 Å². The lowest BCUT2D eigenvalue weighted by Crippen LogP contribution is -2.06. The maximum Gasteiger partial charge on any atom is 0.104 e. The predicted molar refractivity (Wildman–Crippen MR) is 93.1 cm³/mol. The average Bonchev–Trinajstić information content (AvgIpc) is 2.95. The molecule has 23 heavy (non-hydrogen) atoms. The normalized spacial score (nSPS) is 11.0. The Balaban J connectivity index is 2.03. The van der Waals surface area contributed by atoms with E-state index in [1.54, 1.807) is 0 Å². The number of hydrogen-bond donors (Lipinski definition) is 1. The van der Waals surface area contributed by atoms with Crippen LogP contribution in [0.5, 0.6) is 0 Å². The average molecular weight is 306 g/mol. The van der Waals surface area contributed by atoms with Crippen LogP contribution in [0, 0.1) is 20.8 Å². The van der Waals surface area contributed by atoms with E-state index in [1.807, 2.05) is 4.68 Å². The highest BCUT2D eigenvalue weighted by molar-refractivity contribution is 5.63. The topological polar surface area (TPSA) is 56.7 Å². The Labute approximate surface area is 137 Å². The Kier molecular flexibility index (Phi) is 4.26. The Hall–Kier alpha value is -2.46. The lowest BCUT2D eigenvalue weighted by molar-refractivity contribution is 0.654. The Bertz CT molecular complexity index is 816. The van der Waals surface area contributed by atoms with E-state index in [0.717, 1.165) is 17.0 Å². The summed E-state index contributed by atoms with van der Waals surface area (Å²) < 4.78 is 1.94. The summed E-state index contributed by atoms with van der Waals surface area (Å²) in [4.78, 5) is 0. The first-order chi connectivity index (χ1) is 11.1. The van der Waals surface area contributed by atoms with E-state index in [4.69, 9.17) is 5.73 Å². The number of benzene rings is 2. The van der Waals surface area contributed by atoms with E-state index >= 15 is 0 Å². The van der Waals surface area contributed by atoms with Crippen LogP contribution in [-0.2, 0) is 13.1 Å². The van der Waals surface area contributed by atoms with Crippen molar-refractivity contribution in [1.29, 1.82) is 0 Å². The van der Waals surface area contributed by atoms with Crippen LogP contribution in [0.3, 0.4) is 0 Å². The largest absolute Gasteiger partial charge is 0.325 e. The molecule has 2 aromatic carbocycles. The molecule has 0 saturated carbocycles. The van der Waals surface area contributed by atoms with Crippen molar-refractivity contribution in [3.05, 3.63) is 70.4 Å². The van der Waals surface area contributed by atoms with Crippen LogP contribution in [0.15, 0.2) is 42.5 Å². The van der Waals surface area contributed by atoms with Crippen molar-refractivity contribution < 1.29 is 0 Å². The Morgan fingerprint density at radius 2 is 1.70 bits per heavy atom. The maximum atomic E-state index is 5.87. The molecule has 0 fully saturated rings. The molecule has 1 heterocycles. The van der Waals surface area contributed by atoms with Gasteiger partial charge >= 0.3 is 0 Å². The molecule has 0 aliphatic heterocycles. The first kappa shape index (κ1) is 15.4. The molecule has 0 saturated heterocycles. The predicted octanol–water partition coefficient (Wildman–Crippen LogP) is 3.38. The standard InChI is InChI=1S/C19H22N4/c1-13-4-7-16(8-5-13)12-23-19(18(11-20)21-22-23)17-9-6-14(2)15(3)10-17/h4-10H,11-12,20H2,1-3H3. The molecule has 1 aromatic heterocycles. The number of nitrogens with two attached hydrogens (primary N) is 1. The second-order valence-electron chi connectivity index (χ2n) is 6.03. The quantitative estimate of drug-likeness (QED) is 0.804. The smallest absolute Gasteiger partial charge is 0.104 e. The molecular formula is C19H22N4. The highest BCUT2D eigenvalue weighted by atomic mass is 15.4. The fourth-order valence-electron chi connectivity index (χ4n) is 2.67. The van der Waals surface area contributed by atoms with Crippen LogP contribution < -0.4 is 5.73 Å². The SMILES string of the molecule is Cc1ccc(Cn2nnc(CN)c2-c2ccc(C)c(C)c2)cc1. The van der Waals surface area contributed by atoms with E-state index in [1.165, 1.54) is 22.3 Å². The summed E-state index contributed by atoms with van der Waals surface area (Å²) in [5, 5.41) is 8.58. The molecule has 2 N–H and O–H groups in total. The zero-order chi connectivity index (χ0) is 16.4. The van der Waals surface area contributed by atoms with Crippen molar-refractivity contribution in [2.24, 2.45) is 5.73 Å². The second kappa shape index (κ2) is 6.34. The first-order valence-corrected chi connectivity index (χ1v) is 7.84. The molecule has 4 heteroatoms. The van der Waals surface area contributed by atoms with E-state index in [-0.39, 0.29) is 0 Å². The number of aromatic nitrogens is 3. The van der Waals surface area contributed by atoms with E-state index in [9.17, 15) is 0 Å². The molecule has 0 aliphatic carbocycles. The molecule has 0 amide bonds. The van der Waals surface area contributed by atoms with E-state index in [2.05, 4.69) is 73.5 Å². The van der Waals surface area contributed by atoms with Crippen LogP contribution in [0.2, 0.25) is 0 Å². The molecule has 3 rings (SSSR count). The van der Waals surface area contributed by atoms with Gasteiger partial charge in [-0.2, -0.15) is 0 Å². The number of aryl methyl sites for hydroxylation is 3. The summed E-state index contributed by atoms with van der Waals surface area (Å²) >= 11 is 0. The minimum Gasteiger partial charge on any atom is -0.325 e. The van der Waals surface area contributed by atoms with Crippen LogP contribution in [0.25, 0.3) is 11.3 Å². The van der Waals surface area contributed by atoms with E-state index < -0.39 is 0 Å². The van der Waals surface area contributed by atoms with Gasteiger partial charge in [0.1, 0.15) is 5.69 Å². The van der Waals surface area contributed by atoms with E-state index in [0.29, 0.717) is 13.1 Å². The molecule has 0 spiro atoms. The van der Waals surface area contributed by atoms with Crippen molar-refractivity contribution in [3.8, 4) is 11.3 Å². The number of nitrogens with zero attached hydrogens (tertiary/aromatic N) is 3. The van der Waals surface area contributed by atoms with Crippen molar-refractivity contribution >= 4 is 0 Å². The molecule has 0 bridgehead atoms. The summed E-state index contributed by atoms with van der Waals surface area (Å²) in [6.07, 6.45) is 0. The molecule has 4 nitrogen and oxygen atoms in total. The summed E-state index contributed by atoms with van der Waals surface area (Å²) in [5.41, 5.74) is 13.8. The third-order valence-electron chi connectivity index (χ3n) is 4.23. The fraction of sp³-hybridized carbons (Fsp3) is 0.263. The monoisotopic (exact) mass is 306 g/mol. The van der Waals surface area contributed by atoms with Crippen LogP contribution in [0.4, 0.5) is 0 Å². The van der Waals surface area contributed by atoms with Gasteiger partial charge in [0.2, 0.25) is 0 Å². The van der Waals surface area contributed by atoms with Crippen molar-refractivity contribution in [1.82, 2.24) is 15.0 Å². The van der Waals surface area contributed by atoms with Gasteiger partial charge in [0.15, 0.2) is 0 Å². The molecule has 0 atom stereocenters. The van der Waals surface area contributed by atoms with Gasteiger partial charge < -0.3 is 5.73 Å². The molecule has 0 radical (unpaired) electrons. The molecule has 118 valence electrons. The third kappa shape index (κ3) is 3.17. The summed E-state index contributed by atoms with van der Waals surface area (Å²) in [6, 6.07) is 14.9. The first-order valence-electron chi connectivity index (χ1n) is 7.84. The zero-order valence-corrected chi connectivity index (χ0v) is 13.9. The second-order valence-corrected chi connectivity index (χ2v) is 6.03. The van der Waals surface area contributed by atoms with Gasteiger partial charge in [-0.05, 0) is 43.5 Å². The highest BCUT2D eigenvalue weighted by Gasteiger charge is 2.14. The Morgan fingerprint density at radius 3 is 2.35 bits per heavy atom. The minimum absolute atomic E-state index is 0.385. The van der Waals surface area contributed by atoms with Crippen molar-refractivity contribution in [2.45, 2.75) is 33.9 Å². The zero-order valence-electron chi connectivity index (χ0n) is 13.9. The molecule has 0 aliphatic rings. The van der Waals surface area contributed by atoms with Crippen molar-refractivity contribution in [3.63, 3.8) is 0 Å². The molecular weight excluding hydrogens is 284 g/mol. The van der Waals surface area contributed by atoms with Gasteiger partial charge in [0, 0.05) is 12.1 Å². The maximum absolute atomic E-state index is 5.87. The summed E-state index contributed by atoms with van der Waals surface area (Å²) in [5.74, 6) is 0. The highest BCUT2D eigenvalue weighted by Crippen LogP contribution is 2.25. The summed E-state index contributed by atoms with van der Waals surface area (Å²) in [7, 11) is 0. The third-order valence-corrected chi connectivity index (χ3v) is 4.23. The molecule has 0 unspecified atom stereocenters. The van der Waals surface area contributed by atoms with Crippen LogP contribution in [0.1, 0.15) is 27.9 Å². The van der Waals surface area contributed by atoms with Gasteiger partial charge in [-0.3, -0.25) is 0 Å². The lowest BCUT2D eigenvalue weighted by Gasteiger charge is -2.10. The summed E-state index contributed by atoms with van der Waals surface area (Å²) in [6.45, 7) is 7.40. The lowest BCUT2D eigenvalue weighted by atomic mass is 10.0. The number of hydrogen-bond acceptors (Lipinski definition) is 3. The minimum atomic E-state index is 0.385. The van der Waals surface area contributed by atoms with Crippen molar-refractivity contribution in [2.75, 3.05) is 0 Å².